The summed E-state index contributed by atoms with van der Waals surface area (Å²) >= 11 is 0. The second-order valence-corrected chi connectivity index (χ2v) is 6.25. The van der Waals surface area contributed by atoms with Gasteiger partial charge >= 0.3 is 0 Å². The van der Waals surface area contributed by atoms with Crippen molar-refractivity contribution in [2.75, 3.05) is 26.2 Å². The van der Waals surface area contributed by atoms with Crippen LogP contribution in [0.5, 0.6) is 0 Å². The molecule has 1 aromatic rings. The fourth-order valence-corrected chi connectivity index (χ4v) is 3.68. The molecule has 4 heteroatoms. The summed E-state index contributed by atoms with van der Waals surface area (Å²) in [5.41, 5.74) is 0.709. The molecule has 0 spiro atoms. The smallest absolute Gasteiger partial charge is 0.233 e. The zero-order valence-electron chi connectivity index (χ0n) is 12.4. The molecule has 0 aliphatic carbocycles. The monoisotopic (exact) mass is 288 g/mol. The van der Waals surface area contributed by atoms with Gasteiger partial charge in [-0.05, 0) is 44.3 Å². The molecule has 2 saturated heterocycles. The minimum absolute atomic E-state index is 0.203. The maximum Gasteiger partial charge on any atom is 0.233 e. The van der Waals surface area contributed by atoms with Crippen molar-refractivity contribution in [1.29, 1.82) is 0 Å². The number of β-amino-alcohol motifs (C(OH)–C–C–N with tert-alkyl or cyclic N) is 1. The molecule has 2 fully saturated rings. The number of rotatable bonds is 2. The van der Waals surface area contributed by atoms with E-state index in [0.29, 0.717) is 6.54 Å². The van der Waals surface area contributed by atoms with Gasteiger partial charge in [0.25, 0.3) is 0 Å². The predicted molar refractivity (Wildman–Crippen MR) is 82.0 cm³/mol. The number of nitrogens with one attached hydrogen (secondary N) is 1. The SMILES string of the molecule is O=C(N1CCC[C@H](O)C1)C1(c2ccccc2)CCNCC1. The highest BCUT2D eigenvalue weighted by molar-refractivity contribution is 5.88. The van der Waals surface area contributed by atoms with Crippen LogP contribution < -0.4 is 5.32 Å². The molecule has 2 N–H and O–H groups in total. The molecule has 0 unspecified atom stereocenters. The highest BCUT2D eigenvalue weighted by atomic mass is 16.3. The third-order valence-electron chi connectivity index (χ3n) is 4.88. The summed E-state index contributed by atoms with van der Waals surface area (Å²) in [6.45, 7) is 3.01. The quantitative estimate of drug-likeness (QED) is 0.862. The molecule has 0 radical (unpaired) electrons. The van der Waals surface area contributed by atoms with E-state index in [0.717, 1.165) is 50.9 Å². The number of aliphatic hydroxyl groups excluding tert-OH is 1. The number of hydrogen-bond acceptors (Lipinski definition) is 3. The summed E-state index contributed by atoms with van der Waals surface area (Å²) in [5.74, 6) is 0.203. The number of aliphatic hydroxyl groups is 1. The first kappa shape index (κ1) is 14.5. The second kappa shape index (κ2) is 6.16. The molecule has 2 heterocycles. The number of piperidine rings is 2. The van der Waals surface area contributed by atoms with Gasteiger partial charge in [-0.2, -0.15) is 0 Å². The van der Waals surface area contributed by atoms with Crippen molar-refractivity contribution in [3.63, 3.8) is 0 Å². The normalized spacial score (nSPS) is 25.6. The minimum atomic E-state index is -0.413. The standard InChI is InChI=1S/C17H24N2O2/c20-15-7-4-12-19(13-15)16(21)17(8-10-18-11-9-17)14-5-2-1-3-6-14/h1-3,5-6,15,18,20H,4,7-13H2/t15-/m0/s1. The van der Waals surface area contributed by atoms with E-state index in [4.69, 9.17) is 0 Å². The Kier molecular flexibility index (Phi) is 4.27. The van der Waals surface area contributed by atoms with Gasteiger partial charge < -0.3 is 15.3 Å². The Bertz CT molecular complexity index is 483. The molecule has 1 amide bonds. The average molecular weight is 288 g/mol. The van der Waals surface area contributed by atoms with Crippen molar-refractivity contribution in [2.24, 2.45) is 0 Å². The Morgan fingerprint density at radius 1 is 1.24 bits per heavy atom. The third-order valence-corrected chi connectivity index (χ3v) is 4.88. The van der Waals surface area contributed by atoms with E-state index in [1.165, 1.54) is 0 Å². The molecule has 3 rings (SSSR count). The molecule has 2 aliphatic rings. The molecule has 0 aromatic heterocycles. The molecule has 0 saturated carbocycles. The van der Waals surface area contributed by atoms with E-state index >= 15 is 0 Å². The first-order valence-corrected chi connectivity index (χ1v) is 7.96. The number of amides is 1. The highest BCUT2D eigenvalue weighted by Crippen LogP contribution is 2.36. The summed E-state index contributed by atoms with van der Waals surface area (Å²) < 4.78 is 0. The van der Waals surface area contributed by atoms with Crippen molar-refractivity contribution in [3.8, 4) is 0 Å². The molecule has 0 bridgehead atoms. The lowest BCUT2D eigenvalue weighted by Crippen LogP contribution is -2.55. The van der Waals surface area contributed by atoms with Crippen LogP contribution in [-0.2, 0) is 10.2 Å². The molecule has 4 nitrogen and oxygen atoms in total. The topological polar surface area (TPSA) is 52.6 Å². The number of benzene rings is 1. The number of hydrogen-bond donors (Lipinski definition) is 2. The minimum Gasteiger partial charge on any atom is -0.391 e. The first-order valence-electron chi connectivity index (χ1n) is 7.96. The van der Waals surface area contributed by atoms with Crippen LogP contribution in [0.3, 0.4) is 0 Å². The van der Waals surface area contributed by atoms with E-state index in [2.05, 4.69) is 17.4 Å². The van der Waals surface area contributed by atoms with E-state index < -0.39 is 5.41 Å². The molecular formula is C17H24N2O2. The lowest BCUT2D eigenvalue weighted by molar-refractivity contribution is -0.141. The second-order valence-electron chi connectivity index (χ2n) is 6.25. The van der Waals surface area contributed by atoms with Gasteiger partial charge in [-0.1, -0.05) is 30.3 Å². The Labute approximate surface area is 126 Å². The van der Waals surface area contributed by atoms with Gasteiger partial charge in [0.2, 0.25) is 5.91 Å². The van der Waals surface area contributed by atoms with Gasteiger partial charge in [-0.3, -0.25) is 4.79 Å². The van der Waals surface area contributed by atoms with Crippen LogP contribution >= 0.6 is 0 Å². The van der Waals surface area contributed by atoms with E-state index in [-0.39, 0.29) is 12.0 Å². The van der Waals surface area contributed by atoms with Gasteiger partial charge in [-0.25, -0.2) is 0 Å². The Balaban J connectivity index is 1.90. The van der Waals surface area contributed by atoms with Gasteiger partial charge in [-0.15, -0.1) is 0 Å². The van der Waals surface area contributed by atoms with Crippen LogP contribution in [0.15, 0.2) is 30.3 Å². The molecule has 1 atom stereocenters. The maximum atomic E-state index is 13.2. The van der Waals surface area contributed by atoms with Gasteiger partial charge in [0.15, 0.2) is 0 Å². The molecule has 114 valence electrons. The summed E-state index contributed by atoms with van der Waals surface area (Å²) in [5, 5.41) is 13.2. The molecule has 1 aromatic carbocycles. The highest BCUT2D eigenvalue weighted by Gasteiger charge is 2.44. The largest absolute Gasteiger partial charge is 0.391 e. The lowest BCUT2D eigenvalue weighted by Gasteiger charge is -2.42. The lowest BCUT2D eigenvalue weighted by atomic mass is 9.71. The van der Waals surface area contributed by atoms with Gasteiger partial charge in [0.1, 0.15) is 0 Å². The van der Waals surface area contributed by atoms with E-state index in [9.17, 15) is 9.90 Å². The fraction of sp³-hybridized carbons (Fsp3) is 0.588. The van der Waals surface area contributed by atoms with Gasteiger partial charge in [0, 0.05) is 13.1 Å². The van der Waals surface area contributed by atoms with Crippen molar-refractivity contribution >= 4 is 5.91 Å². The number of likely N-dealkylation sites (tertiary alicyclic amines) is 1. The van der Waals surface area contributed by atoms with Crippen molar-refractivity contribution in [3.05, 3.63) is 35.9 Å². The van der Waals surface area contributed by atoms with Crippen LogP contribution in [0.2, 0.25) is 0 Å². The zero-order chi connectivity index (χ0) is 14.7. The first-order chi connectivity index (χ1) is 10.2. The predicted octanol–water partition coefficient (Wildman–Crippen LogP) is 1.29. The van der Waals surface area contributed by atoms with E-state index in [1.54, 1.807) is 0 Å². The van der Waals surface area contributed by atoms with Crippen molar-refractivity contribution in [2.45, 2.75) is 37.2 Å². The number of carbonyl (C=O) groups excluding carboxylic acids is 1. The van der Waals surface area contributed by atoms with Crippen LogP contribution in [-0.4, -0.2) is 48.2 Å². The summed E-state index contributed by atoms with van der Waals surface area (Å²) in [6.07, 6.45) is 3.02. The fourth-order valence-electron chi connectivity index (χ4n) is 3.68. The van der Waals surface area contributed by atoms with Gasteiger partial charge in [0.05, 0.1) is 11.5 Å². The van der Waals surface area contributed by atoms with Crippen LogP contribution in [0.25, 0.3) is 0 Å². The zero-order valence-corrected chi connectivity index (χ0v) is 12.4. The van der Waals surface area contributed by atoms with Crippen molar-refractivity contribution in [1.82, 2.24) is 10.2 Å². The molecular weight excluding hydrogens is 264 g/mol. The average Bonchev–Trinajstić information content (AvgIpc) is 2.55. The molecule has 2 aliphatic heterocycles. The maximum absolute atomic E-state index is 13.2. The van der Waals surface area contributed by atoms with Crippen LogP contribution in [0, 0.1) is 0 Å². The summed E-state index contributed by atoms with van der Waals surface area (Å²) in [7, 11) is 0. The Morgan fingerprint density at radius 3 is 2.62 bits per heavy atom. The number of nitrogens with zero attached hydrogens (tertiary/aromatic N) is 1. The van der Waals surface area contributed by atoms with Crippen molar-refractivity contribution < 1.29 is 9.90 Å². The number of carbonyl (C=O) groups is 1. The molecule has 21 heavy (non-hydrogen) atoms. The third kappa shape index (κ3) is 2.83. The summed E-state index contributed by atoms with van der Waals surface area (Å²) in [4.78, 5) is 15.1. The summed E-state index contributed by atoms with van der Waals surface area (Å²) in [6, 6.07) is 10.2. The Hall–Kier alpha value is -1.39. The van der Waals surface area contributed by atoms with E-state index in [1.807, 2.05) is 23.1 Å². The van der Waals surface area contributed by atoms with Crippen LogP contribution in [0.4, 0.5) is 0 Å². The van der Waals surface area contributed by atoms with Crippen LogP contribution in [0.1, 0.15) is 31.2 Å². The Morgan fingerprint density at radius 2 is 1.95 bits per heavy atom.